The molecular weight excluding hydrogens is 439 g/mol. The van der Waals surface area contributed by atoms with Crippen molar-refractivity contribution in [2.24, 2.45) is 0 Å². The lowest BCUT2D eigenvalue weighted by Crippen LogP contribution is -2.62. The van der Waals surface area contributed by atoms with Crippen molar-refractivity contribution in [2.75, 3.05) is 23.9 Å². The van der Waals surface area contributed by atoms with Crippen molar-refractivity contribution >= 4 is 80.7 Å². The number of rotatable bonds is 1. The molecule has 0 radical (unpaired) electrons. The maximum Gasteiger partial charge on any atom is 0.252 e. The molecule has 7 rings (SSSR count). The Bertz CT molecular complexity index is 1570. The predicted octanol–water partition coefficient (Wildman–Crippen LogP) is 5.22. The van der Waals surface area contributed by atoms with Crippen molar-refractivity contribution in [1.29, 1.82) is 0 Å². The largest absolute Gasteiger partial charge is 0.345 e. The van der Waals surface area contributed by atoms with E-state index in [0.717, 1.165) is 0 Å². The van der Waals surface area contributed by atoms with Crippen molar-refractivity contribution in [3.05, 3.63) is 84.9 Å². The van der Waals surface area contributed by atoms with Crippen LogP contribution >= 0.6 is 0 Å². The summed E-state index contributed by atoms with van der Waals surface area (Å²) in [5.74, 6) is 0. The Morgan fingerprint density at radius 2 is 1.06 bits per heavy atom. The van der Waals surface area contributed by atoms with Gasteiger partial charge in [-0.25, -0.2) is 0 Å². The molecule has 0 N–H and O–H groups in total. The highest BCUT2D eigenvalue weighted by molar-refractivity contribution is 7.01. The molecule has 35 heavy (non-hydrogen) atoms. The first-order valence-electron chi connectivity index (χ1n) is 12.5. The Balaban J connectivity index is 1.65. The monoisotopic (exact) mass is 468 g/mol. The molecule has 5 aromatic carbocycles. The first kappa shape index (κ1) is 20.8. The minimum atomic E-state index is -1.54. The standard InChI is InChI=1S/C31H29BN2Si/c1-33-27-18-22(35(3,4)5)19-28-29(27)32(25-16-14-20-10-6-8-12-23(20)30(25)33)26-17-15-21-11-7-9-13-24(21)31(26)34(28)2/h6-19H,1-5H3. The Morgan fingerprint density at radius 1 is 0.600 bits per heavy atom. The van der Waals surface area contributed by atoms with E-state index in [1.165, 1.54) is 65.9 Å². The average molecular weight is 468 g/mol. The molecule has 2 heterocycles. The van der Waals surface area contributed by atoms with E-state index in [-0.39, 0.29) is 6.71 Å². The normalized spacial score (nSPS) is 14.3. The molecular formula is C31H29BN2Si. The van der Waals surface area contributed by atoms with E-state index in [9.17, 15) is 0 Å². The topological polar surface area (TPSA) is 6.48 Å². The van der Waals surface area contributed by atoms with Gasteiger partial charge in [-0.15, -0.1) is 0 Å². The van der Waals surface area contributed by atoms with E-state index < -0.39 is 8.07 Å². The van der Waals surface area contributed by atoms with Gasteiger partial charge in [0, 0.05) is 47.6 Å². The Morgan fingerprint density at radius 3 is 1.51 bits per heavy atom. The van der Waals surface area contributed by atoms with Crippen molar-refractivity contribution in [3.8, 4) is 0 Å². The van der Waals surface area contributed by atoms with Gasteiger partial charge < -0.3 is 9.80 Å². The second-order valence-corrected chi connectivity index (χ2v) is 16.3. The van der Waals surface area contributed by atoms with Crippen LogP contribution in [0.5, 0.6) is 0 Å². The maximum absolute atomic E-state index is 2.50. The summed E-state index contributed by atoms with van der Waals surface area (Å²) in [6, 6.07) is 32.0. The van der Waals surface area contributed by atoms with Crippen molar-refractivity contribution in [3.63, 3.8) is 0 Å². The van der Waals surface area contributed by atoms with Gasteiger partial charge in [0.15, 0.2) is 0 Å². The number of hydrogen-bond donors (Lipinski definition) is 0. The molecule has 0 saturated heterocycles. The van der Waals surface area contributed by atoms with Gasteiger partial charge in [-0.05, 0) is 39.3 Å². The van der Waals surface area contributed by atoms with Crippen LogP contribution in [0, 0.1) is 0 Å². The number of fused-ring (bicyclic) bond motifs is 8. The molecule has 2 aliphatic rings. The lowest BCUT2D eigenvalue weighted by molar-refractivity contribution is 1.19. The van der Waals surface area contributed by atoms with Crippen LogP contribution in [0.4, 0.5) is 22.7 Å². The van der Waals surface area contributed by atoms with Gasteiger partial charge in [0.25, 0.3) is 6.71 Å². The van der Waals surface area contributed by atoms with E-state index in [2.05, 4.69) is 128 Å². The summed E-state index contributed by atoms with van der Waals surface area (Å²) in [6.07, 6.45) is 0. The van der Waals surface area contributed by atoms with Crippen LogP contribution in [0.25, 0.3) is 21.5 Å². The molecule has 0 unspecified atom stereocenters. The molecule has 0 amide bonds. The van der Waals surface area contributed by atoms with Gasteiger partial charge in [0.1, 0.15) is 0 Å². The fraction of sp³-hybridized carbons (Fsp3) is 0.161. The lowest BCUT2D eigenvalue weighted by Gasteiger charge is -2.43. The molecule has 170 valence electrons. The maximum atomic E-state index is 2.50. The van der Waals surface area contributed by atoms with Crippen LogP contribution in [0.15, 0.2) is 84.9 Å². The van der Waals surface area contributed by atoms with E-state index >= 15 is 0 Å². The summed E-state index contributed by atoms with van der Waals surface area (Å²) in [5.41, 5.74) is 9.68. The van der Waals surface area contributed by atoms with Crippen LogP contribution in [-0.2, 0) is 0 Å². The zero-order chi connectivity index (χ0) is 24.1. The Hall–Kier alpha value is -3.50. The third kappa shape index (κ3) is 2.77. The van der Waals surface area contributed by atoms with Gasteiger partial charge in [0.05, 0.1) is 8.07 Å². The molecule has 0 saturated carbocycles. The van der Waals surface area contributed by atoms with Gasteiger partial charge in [0.2, 0.25) is 0 Å². The molecule has 2 nitrogen and oxygen atoms in total. The van der Waals surface area contributed by atoms with Crippen LogP contribution in [-0.4, -0.2) is 28.9 Å². The molecule has 0 spiro atoms. The summed E-state index contributed by atoms with van der Waals surface area (Å²) in [6.45, 7) is 7.59. The molecule has 0 atom stereocenters. The minimum absolute atomic E-state index is 0.224. The molecule has 4 heteroatoms. The Kier molecular flexibility index (Phi) is 4.18. The van der Waals surface area contributed by atoms with E-state index in [1.54, 1.807) is 0 Å². The Labute approximate surface area is 208 Å². The van der Waals surface area contributed by atoms with Gasteiger partial charge in [-0.3, -0.25) is 0 Å². The number of benzene rings is 5. The highest BCUT2D eigenvalue weighted by Crippen LogP contribution is 2.40. The fourth-order valence-electron chi connectivity index (χ4n) is 6.38. The van der Waals surface area contributed by atoms with E-state index in [4.69, 9.17) is 0 Å². The van der Waals surface area contributed by atoms with Crippen molar-refractivity contribution < 1.29 is 0 Å². The third-order valence-electron chi connectivity index (χ3n) is 8.17. The van der Waals surface area contributed by atoms with Crippen LogP contribution < -0.4 is 31.4 Å². The third-order valence-corrected chi connectivity index (χ3v) is 10.2. The van der Waals surface area contributed by atoms with Gasteiger partial charge in [-0.1, -0.05) is 97.6 Å². The molecule has 0 aliphatic carbocycles. The van der Waals surface area contributed by atoms with Crippen LogP contribution in [0.3, 0.4) is 0 Å². The summed E-state index contributed by atoms with van der Waals surface area (Å²) in [7, 11) is 2.99. The summed E-state index contributed by atoms with van der Waals surface area (Å²) < 4.78 is 0. The van der Waals surface area contributed by atoms with Gasteiger partial charge >= 0.3 is 0 Å². The first-order valence-corrected chi connectivity index (χ1v) is 16.0. The SMILES string of the molecule is CN1c2cc([Si](C)(C)C)cc3c2B(c2ccc4ccccc4c21)c1ccc2ccccc2c1N3C. The smallest absolute Gasteiger partial charge is 0.252 e. The second-order valence-electron chi connectivity index (χ2n) is 11.2. The molecule has 0 bridgehead atoms. The lowest BCUT2D eigenvalue weighted by atomic mass is 9.33. The molecule has 0 fully saturated rings. The minimum Gasteiger partial charge on any atom is -0.345 e. The number of nitrogens with zero attached hydrogens (tertiary/aromatic N) is 2. The summed E-state index contributed by atoms with van der Waals surface area (Å²) >= 11 is 0. The number of anilines is 4. The summed E-state index contributed by atoms with van der Waals surface area (Å²) in [4.78, 5) is 4.94. The van der Waals surface area contributed by atoms with Crippen molar-refractivity contribution in [1.82, 2.24) is 0 Å². The predicted molar refractivity (Wildman–Crippen MR) is 158 cm³/mol. The van der Waals surface area contributed by atoms with Gasteiger partial charge in [-0.2, -0.15) is 0 Å². The first-order chi connectivity index (χ1) is 16.8. The van der Waals surface area contributed by atoms with E-state index in [1.807, 2.05) is 0 Å². The quantitative estimate of drug-likeness (QED) is 0.312. The van der Waals surface area contributed by atoms with Crippen LogP contribution in [0.2, 0.25) is 19.6 Å². The highest BCUT2D eigenvalue weighted by atomic mass is 28.3. The van der Waals surface area contributed by atoms with Crippen LogP contribution in [0.1, 0.15) is 0 Å². The second kappa shape index (κ2) is 7.02. The highest BCUT2D eigenvalue weighted by Gasteiger charge is 2.42. The zero-order valence-electron chi connectivity index (χ0n) is 21.1. The molecule has 5 aromatic rings. The van der Waals surface area contributed by atoms with Crippen molar-refractivity contribution in [2.45, 2.75) is 19.6 Å². The average Bonchev–Trinajstić information content (AvgIpc) is 2.86. The fourth-order valence-corrected chi connectivity index (χ4v) is 7.52. The summed E-state index contributed by atoms with van der Waals surface area (Å²) in [5, 5.41) is 6.78. The molecule has 0 aromatic heterocycles. The zero-order valence-corrected chi connectivity index (χ0v) is 22.1. The number of hydrogen-bond acceptors (Lipinski definition) is 2. The van der Waals surface area contributed by atoms with E-state index in [0.29, 0.717) is 0 Å². The molecule has 2 aliphatic heterocycles.